The van der Waals surface area contributed by atoms with Gasteiger partial charge in [0.2, 0.25) is 10.0 Å². The quantitative estimate of drug-likeness (QED) is 0.750. The first-order valence-corrected chi connectivity index (χ1v) is 9.42. The Bertz CT molecular complexity index is 641. The predicted octanol–water partition coefficient (Wildman–Crippen LogP) is 1.10. The summed E-state index contributed by atoms with van der Waals surface area (Å²) < 4.78 is 26.6. The van der Waals surface area contributed by atoms with Crippen molar-refractivity contribution >= 4 is 15.9 Å². The zero-order valence-corrected chi connectivity index (χ0v) is 14.6. The molecule has 2 unspecified atom stereocenters. The van der Waals surface area contributed by atoms with Gasteiger partial charge in [-0.2, -0.15) is 0 Å². The van der Waals surface area contributed by atoms with Crippen LogP contribution in [-0.2, 0) is 10.0 Å². The molecule has 0 spiro atoms. The number of nitrogens with one attached hydrogen (secondary N) is 3. The van der Waals surface area contributed by atoms with Crippen LogP contribution in [0.5, 0.6) is 0 Å². The highest BCUT2D eigenvalue weighted by Gasteiger charge is 2.23. The fourth-order valence-electron chi connectivity index (χ4n) is 2.60. The van der Waals surface area contributed by atoms with Crippen LogP contribution in [0.25, 0.3) is 0 Å². The second-order valence-corrected chi connectivity index (χ2v) is 8.06. The summed E-state index contributed by atoms with van der Waals surface area (Å²) in [7, 11) is -3.53. The third kappa shape index (κ3) is 4.76. The van der Waals surface area contributed by atoms with Crippen molar-refractivity contribution in [1.82, 2.24) is 15.4 Å². The fourth-order valence-corrected chi connectivity index (χ4v) is 3.85. The highest BCUT2D eigenvalue weighted by molar-refractivity contribution is 7.89. The van der Waals surface area contributed by atoms with Crippen molar-refractivity contribution in [3.8, 4) is 0 Å². The Balaban J connectivity index is 2.05. The maximum Gasteiger partial charge on any atom is 0.251 e. The van der Waals surface area contributed by atoms with Crippen LogP contribution in [0.2, 0.25) is 0 Å². The smallest absolute Gasteiger partial charge is 0.251 e. The van der Waals surface area contributed by atoms with Gasteiger partial charge in [-0.25, -0.2) is 13.1 Å². The number of piperidine rings is 1. The number of hydrogen-bond donors (Lipinski definition) is 3. The Morgan fingerprint density at radius 1 is 1.26 bits per heavy atom. The molecule has 0 aliphatic carbocycles. The van der Waals surface area contributed by atoms with E-state index >= 15 is 0 Å². The van der Waals surface area contributed by atoms with Crippen molar-refractivity contribution in [3.05, 3.63) is 29.8 Å². The summed E-state index contributed by atoms with van der Waals surface area (Å²) in [5, 5.41) is 6.28. The lowest BCUT2D eigenvalue weighted by Gasteiger charge is -2.30. The number of benzene rings is 1. The van der Waals surface area contributed by atoms with Crippen molar-refractivity contribution in [3.63, 3.8) is 0 Å². The molecular weight excluding hydrogens is 314 g/mol. The van der Waals surface area contributed by atoms with Crippen LogP contribution in [0.4, 0.5) is 0 Å². The van der Waals surface area contributed by atoms with Crippen LogP contribution < -0.4 is 15.4 Å². The molecule has 0 bridgehead atoms. The van der Waals surface area contributed by atoms with E-state index in [1.165, 1.54) is 12.1 Å². The van der Waals surface area contributed by atoms with Crippen molar-refractivity contribution in [1.29, 1.82) is 0 Å². The lowest BCUT2D eigenvalue weighted by atomic mass is 9.94. The Kier molecular flexibility index (Phi) is 5.78. The molecule has 1 saturated heterocycles. The van der Waals surface area contributed by atoms with Crippen LogP contribution in [-0.4, -0.2) is 39.5 Å². The van der Waals surface area contributed by atoms with E-state index in [2.05, 4.69) is 22.3 Å². The van der Waals surface area contributed by atoms with Crippen molar-refractivity contribution in [2.45, 2.75) is 44.2 Å². The first-order chi connectivity index (χ1) is 10.8. The van der Waals surface area contributed by atoms with Crippen molar-refractivity contribution < 1.29 is 13.2 Å². The van der Waals surface area contributed by atoms with Gasteiger partial charge in [0.05, 0.1) is 4.90 Å². The van der Waals surface area contributed by atoms with Crippen LogP contribution in [0, 0.1) is 5.92 Å². The molecule has 128 valence electrons. The zero-order valence-electron chi connectivity index (χ0n) is 13.8. The summed E-state index contributed by atoms with van der Waals surface area (Å²) in [5.74, 6) is 0.251. The molecule has 1 fully saturated rings. The first kappa shape index (κ1) is 17.9. The third-order valence-corrected chi connectivity index (χ3v) is 5.64. The van der Waals surface area contributed by atoms with Gasteiger partial charge in [-0.1, -0.05) is 6.92 Å². The Morgan fingerprint density at radius 3 is 2.48 bits per heavy atom. The minimum absolute atomic E-state index is 0.0993. The van der Waals surface area contributed by atoms with Gasteiger partial charge in [-0.3, -0.25) is 4.79 Å². The molecule has 0 radical (unpaired) electrons. The van der Waals surface area contributed by atoms with E-state index in [1.54, 1.807) is 26.0 Å². The van der Waals surface area contributed by atoms with Gasteiger partial charge >= 0.3 is 0 Å². The highest BCUT2D eigenvalue weighted by Crippen LogP contribution is 2.14. The summed E-state index contributed by atoms with van der Waals surface area (Å²) in [6.45, 7) is 7.39. The number of hydrogen-bond acceptors (Lipinski definition) is 4. The van der Waals surface area contributed by atoms with Gasteiger partial charge in [0, 0.05) is 24.2 Å². The summed E-state index contributed by atoms with van der Waals surface area (Å²) >= 11 is 0. The van der Waals surface area contributed by atoms with E-state index < -0.39 is 10.0 Å². The molecule has 2 atom stereocenters. The van der Waals surface area contributed by atoms with Crippen molar-refractivity contribution in [2.24, 2.45) is 5.92 Å². The van der Waals surface area contributed by atoms with Crippen molar-refractivity contribution in [2.75, 3.05) is 13.1 Å². The van der Waals surface area contributed by atoms with Gasteiger partial charge in [0.1, 0.15) is 0 Å². The molecule has 1 heterocycles. The number of rotatable bonds is 5. The lowest BCUT2D eigenvalue weighted by molar-refractivity contribution is 0.0915. The number of carbonyl (C=O) groups excluding carboxylic acids is 1. The minimum atomic E-state index is -3.53. The first-order valence-electron chi connectivity index (χ1n) is 7.93. The second kappa shape index (κ2) is 7.42. The summed E-state index contributed by atoms with van der Waals surface area (Å²) in [6, 6.07) is 5.94. The molecule has 1 aromatic carbocycles. The standard InChI is InChI=1S/C16H25N3O3S/c1-11(2)19-23(21,22)14-6-4-13(5-7-14)16(20)18-15-10-17-9-8-12(15)3/h4-7,11-12,15,17,19H,8-10H2,1-3H3,(H,18,20). The summed E-state index contributed by atoms with van der Waals surface area (Å²) in [5.41, 5.74) is 0.464. The average molecular weight is 339 g/mol. The SMILES string of the molecule is CC(C)NS(=O)(=O)c1ccc(C(=O)NC2CNCCC2C)cc1. The molecule has 1 aromatic rings. The molecule has 0 saturated carbocycles. The Hall–Kier alpha value is -1.44. The Labute approximate surface area is 138 Å². The molecule has 2 rings (SSSR count). The van der Waals surface area contributed by atoms with Crippen LogP contribution >= 0.6 is 0 Å². The van der Waals surface area contributed by atoms with E-state index in [-0.39, 0.29) is 22.9 Å². The highest BCUT2D eigenvalue weighted by atomic mass is 32.2. The largest absolute Gasteiger partial charge is 0.348 e. The van der Waals surface area contributed by atoms with E-state index in [4.69, 9.17) is 0 Å². The van der Waals surface area contributed by atoms with Crippen LogP contribution in [0.3, 0.4) is 0 Å². The maximum absolute atomic E-state index is 12.3. The molecule has 23 heavy (non-hydrogen) atoms. The maximum atomic E-state index is 12.3. The second-order valence-electron chi connectivity index (χ2n) is 6.35. The molecular formula is C16H25N3O3S. The molecule has 1 amide bonds. The van der Waals surface area contributed by atoms with E-state index in [0.29, 0.717) is 11.5 Å². The fraction of sp³-hybridized carbons (Fsp3) is 0.562. The van der Waals surface area contributed by atoms with Crippen LogP contribution in [0.15, 0.2) is 29.2 Å². The number of carbonyl (C=O) groups is 1. The average Bonchev–Trinajstić information content (AvgIpc) is 2.48. The molecule has 1 aliphatic heterocycles. The lowest BCUT2D eigenvalue weighted by Crippen LogP contribution is -2.50. The van der Waals surface area contributed by atoms with Gasteiger partial charge in [-0.05, 0) is 57.0 Å². The van der Waals surface area contributed by atoms with Gasteiger partial charge in [-0.15, -0.1) is 0 Å². The topological polar surface area (TPSA) is 87.3 Å². The molecule has 7 heteroatoms. The van der Waals surface area contributed by atoms with E-state index in [1.807, 2.05) is 0 Å². The Morgan fingerprint density at radius 2 is 1.91 bits per heavy atom. The molecule has 0 aromatic heterocycles. The monoisotopic (exact) mass is 339 g/mol. The third-order valence-electron chi connectivity index (χ3n) is 3.96. The van der Waals surface area contributed by atoms with E-state index in [9.17, 15) is 13.2 Å². The predicted molar refractivity (Wildman–Crippen MR) is 89.8 cm³/mol. The molecule has 6 nitrogen and oxygen atoms in total. The normalized spacial score (nSPS) is 22.1. The summed E-state index contributed by atoms with van der Waals surface area (Å²) in [4.78, 5) is 12.5. The van der Waals surface area contributed by atoms with E-state index in [0.717, 1.165) is 19.5 Å². The molecule has 1 aliphatic rings. The number of sulfonamides is 1. The van der Waals surface area contributed by atoms with Gasteiger partial charge in [0.15, 0.2) is 0 Å². The number of amides is 1. The molecule has 3 N–H and O–H groups in total. The summed E-state index contributed by atoms with van der Waals surface area (Å²) in [6.07, 6.45) is 1.03. The van der Waals surface area contributed by atoms with Gasteiger partial charge < -0.3 is 10.6 Å². The minimum Gasteiger partial charge on any atom is -0.348 e. The van der Waals surface area contributed by atoms with Gasteiger partial charge in [0.25, 0.3) is 5.91 Å². The van der Waals surface area contributed by atoms with Crippen LogP contribution in [0.1, 0.15) is 37.6 Å². The zero-order chi connectivity index (χ0) is 17.0.